The zero-order valence-electron chi connectivity index (χ0n) is 13.7. The Hall–Kier alpha value is -2.18. The van der Waals surface area contributed by atoms with Gasteiger partial charge >= 0.3 is 0 Å². The maximum Gasteiger partial charge on any atom is 0.143 e. The van der Waals surface area contributed by atoms with Crippen molar-refractivity contribution < 1.29 is 0 Å². The lowest BCUT2D eigenvalue weighted by molar-refractivity contribution is 0.577. The fourth-order valence-electron chi connectivity index (χ4n) is 2.93. The number of nitrogens with one attached hydrogen (secondary N) is 1. The minimum absolute atomic E-state index is 0.658. The van der Waals surface area contributed by atoms with Crippen LogP contribution in [0.15, 0.2) is 42.7 Å². The number of hydrogen-bond acceptors (Lipinski definition) is 6. The Morgan fingerprint density at radius 1 is 0.960 bits per heavy atom. The fraction of sp³-hybridized carbons (Fsp3) is 0.278. The van der Waals surface area contributed by atoms with E-state index in [4.69, 9.17) is 11.6 Å². The largest absolute Gasteiger partial charge is 0.370 e. The van der Waals surface area contributed by atoms with Gasteiger partial charge in [-0.3, -0.25) is 0 Å². The molecule has 7 heteroatoms. The van der Waals surface area contributed by atoms with Gasteiger partial charge in [0.25, 0.3) is 0 Å². The molecular weight excluding hydrogens is 354 g/mol. The monoisotopic (exact) mass is 371 g/mol. The number of hydrogen-bond donors (Lipinski definition) is 1. The first-order chi connectivity index (χ1) is 12.3. The van der Waals surface area contributed by atoms with Gasteiger partial charge in [0.05, 0.1) is 18.1 Å². The van der Waals surface area contributed by atoms with Crippen molar-refractivity contribution in [3.8, 4) is 10.7 Å². The van der Waals surface area contributed by atoms with Crippen LogP contribution in [-0.2, 0) is 0 Å². The standard InChI is InChI=1S/C18H18ClN5S/c19-15-12-21-18(25-15)14-5-4-6-17(22-14)23-16-8-7-13(11-20-16)24-9-2-1-3-10-24/h4-8,11-12H,1-3,9-10H2,(H,20,22,23). The quantitative estimate of drug-likeness (QED) is 0.700. The van der Waals surface area contributed by atoms with Crippen molar-refractivity contribution >= 4 is 40.3 Å². The Morgan fingerprint density at radius 2 is 1.84 bits per heavy atom. The van der Waals surface area contributed by atoms with Gasteiger partial charge in [-0.2, -0.15) is 0 Å². The first-order valence-corrected chi connectivity index (χ1v) is 9.54. The van der Waals surface area contributed by atoms with E-state index in [0.717, 1.165) is 35.4 Å². The van der Waals surface area contributed by atoms with Crippen LogP contribution in [0.25, 0.3) is 10.7 Å². The maximum absolute atomic E-state index is 5.96. The Labute approximate surface area is 155 Å². The van der Waals surface area contributed by atoms with E-state index < -0.39 is 0 Å². The summed E-state index contributed by atoms with van der Waals surface area (Å²) in [6.07, 6.45) is 7.42. The first-order valence-electron chi connectivity index (χ1n) is 8.35. The number of pyridine rings is 2. The molecule has 0 aliphatic carbocycles. The summed E-state index contributed by atoms with van der Waals surface area (Å²) in [7, 11) is 0. The molecule has 1 aliphatic heterocycles. The van der Waals surface area contributed by atoms with Crippen molar-refractivity contribution in [1.82, 2.24) is 15.0 Å². The molecule has 0 unspecified atom stereocenters. The van der Waals surface area contributed by atoms with Gasteiger partial charge in [-0.15, -0.1) is 11.3 Å². The Kier molecular flexibility index (Phi) is 4.81. The van der Waals surface area contributed by atoms with Gasteiger partial charge in [0.2, 0.25) is 0 Å². The first kappa shape index (κ1) is 16.3. The summed E-state index contributed by atoms with van der Waals surface area (Å²) in [5.74, 6) is 1.52. The predicted octanol–water partition coefficient (Wildman–Crippen LogP) is 4.99. The van der Waals surface area contributed by atoms with Crippen molar-refractivity contribution in [3.63, 3.8) is 0 Å². The minimum atomic E-state index is 0.658. The van der Waals surface area contributed by atoms with E-state index >= 15 is 0 Å². The molecule has 1 N–H and O–H groups in total. The third-order valence-corrected chi connectivity index (χ3v) is 5.31. The van der Waals surface area contributed by atoms with Crippen molar-refractivity contribution in [2.45, 2.75) is 19.3 Å². The second-order valence-corrected chi connectivity index (χ2v) is 7.61. The molecule has 0 atom stereocenters. The second kappa shape index (κ2) is 7.37. The zero-order valence-corrected chi connectivity index (χ0v) is 15.2. The molecule has 1 aliphatic rings. The molecule has 4 rings (SSSR count). The van der Waals surface area contributed by atoms with E-state index in [1.54, 1.807) is 6.20 Å². The molecular formula is C18H18ClN5S. The summed E-state index contributed by atoms with van der Waals surface area (Å²) in [6, 6.07) is 9.90. The molecule has 3 aromatic rings. The number of halogens is 1. The molecule has 0 bridgehead atoms. The summed E-state index contributed by atoms with van der Waals surface area (Å²) in [5.41, 5.74) is 1.98. The Morgan fingerprint density at radius 3 is 2.56 bits per heavy atom. The number of anilines is 3. The van der Waals surface area contributed by atoms with E-state index in [1.807, 2.05) is 30.5 Å². The van der Waals surface area contributed by atoms with Crippen LogP contribution < -0.4 is 10.2 Å². The van der Waals surface area contributed by atoms with E-state index in [9.17, 15) is 0 Å². The van der Waals surface area contributed by atoms with E-state index in [-0.39, 0.29) is 0 Å². The molecule has 0 aromatic carbocycles. The number of thiazole rings is 1. The molecule has 1 fully saturated rings. The molecule has 5 nitrogen and oxygen atoms in total. The smallest absolute Gasteiger partial charge is 0.143 e. The number of nitrogens with zero attached hydrogens (tertiary/aromatic N) is 4. The average molecular weight is 372 g/mol. The van der Waals surface area contributed by atoms with Gasteiger partial charge in [0.15, 0.2) is 0 Å². The molecule has 25 heavy (non-hydrogen) atoms. The predicted molar refractivity (Wildman–Crippen MR) is 104 cm³/mol. The molecule has 0 saturated carbocycles. The lowest BCUT2D eigenvalue weighted by Gasteiger charge is -2.28. The highest BCUT2D eigenvalue weighted by atomic mass is 35.5. The van der Waals surface area contributed by atoms with Crippen molar-refractivity contribution in [2.75, 3.05) is 23.3 Å². The van der Waals surface area contributed by atoms with Gasteiger partial charge in [0.1, 0.15) is 26.7 Å². The van der Waals surface area contributed by atoms with Gasteiger partial charge < -0.3 is 10.2 Å². The van der Waals surface area contributed by atoms with Crippen LogP contribution in [0.2, 0.25) is 4.34 Å². The normalized spacial score (nSPS) is 14.5. The third kappa shape index (κ3) is 3.91. The number of rotatable bonds is 4. The molecule has 1 saturated heterocycles. The molecule has 3 aromatic heterocycles. The minimum Gasteiger partial charge on any atom is -0.370 e. The van der Waals surface area contributed by atoms with Gasteiger partial charge in [-0.25, -0.2) is 15.0 Å². The number of aromatic nitrogens is 3. The Balaban J connectivity index is 1.48. The SMILES string of the molecule is Clc1cnc(-c2cccc(Nc3ccc(N4CCCCC4)cn3)n2)s1. The molecule has 0 amide bonds. The van der Waals surface area contributed by atoms with E-state index in [1.165, 1.54) is 36.3 Å². The lowest BCUT2D eigenvalue weighted by Crippen LogP contribution is -2.29. The molecule has 0 spiro atoms. The molecule has 4 heterocycles. The van der Waals surface area contributed by atoms with Crippen molar-refractivity contribution in [2.24, 2.45) is 0 Å². The van der Waals surface area contributed by atoms with Crippen molar-refractivity contribution in [1.29, 1.82) is 0 Å². The summed E-state index contributed by atoms with van der Waals surface area (Å²) in [4.78, 5) is 15.8. The van der Waals surface area contributed by atoms with E-state index in [0.29, 0.717) is 4.34 Å². The van der Waals surface area contributed by atoms with Crippen LogP contribution >= 0.6 is 22.9 Å². The highest BCUT2D eigenvalue weighted by molar-refractivity contribution is 7.18. The number of piperidine rings is 1. The fourth-order valence-corrected chi connectivity index (χ4v) is 3.81. The van der Waals surface area contributed by atoms with Crippen LogP contribution in [0.1, 0.15) is 19.3 Å². The maximum atomic E-state index is 5.96. The van der Waals surface area contributed by atoms with Gasteiger partial charge in [0, 0.05) is 13.1 Å². The van der Waals surface area contributed by atoms with Crippen molar-refractivity contribution in [3.05, 3.63) is 47.1 Å². The van der Waals surface area contributed by atoms with Crippen LogP contribution in [0.4, 0.5) is 17.3 Å². The molecule has 0 radical (unpaired) electrons. The van der Waals surface area contributed by atoms with Crippen LogP contribution in [-0.4, -0.2) is 28.0 Å². The molecule has 128 valence electrons. The van der Waals surface area contributed by atoms with Crippen LogP contribution in [0, 0.1) is 0 Å². The zero-order chi connectivity index (χ0) is 17.1. The lowest BCUT2D eigenvalue weighted by atomic mass is 10.1. The third-order valence-electron chi connectivity index (χ3n) is 4.17. The summed E-state index contributed by atoms with van der Waals surface area (Å²) in [5, 5.41) is 4.06. The average Bonchev–Trinajstić information content (AvgIpc) is 3.10. The second-order valence-electron chi connectivity index (χ2n) is 5.95. The highest BCUT2D eigenvalue weighted by Gasteiger charge is 2.11. The van der Waals surface area contributed by atoms with Gasteiger partial charge in [-0.05, 0) is 43.5 Å². The topological polar surface area (TPSA) is 53.9 Å². The summed E-state index contributed by atoms with van der Waals surface area (Å²) < 4.78 is 0.658. The van der Waals surface area contributed by atoms with Gasteiger partial charge in [-0.1, -0.05) is 17.7 Å². The van der Waals surface area contributed by atoms with Crippen LogP contribution in [0.3, 0.4) is 0 Å². The summed E-state index contributed by atoms with van der Waals surface area (Å²) in [6.45, 7) is 2.24. The Bertz CT molecular complexity index is 843. The van der Waals surface area contributed by atoms with Crippen LogP contribution in [0.5, 0.6) is 0 Å². The van der Waals surface area contributed by atoms with E-state index in [2.05, 4.69) is 31.2 Å². The summed E-state index contributed by atoms with van der Waals surface area (Å²) >= 11 is 7.37. The highest BCUT2D eigenvalue weighted by Crippen LogP contribution is 2.28.